The smallest absolute Gasteiger partial charge is 0.310 e. The van der Waals surface area contributed by atoms with Crippen LogP contribution in [-0.2, 0) is 14.3 Å². The number of methoxy groups -OCH3 is 2. The van der Waals surface area contributed by atoms with Gasteiger partial charge >= 0.3 is 5.97 Å². The van der Waals surface area contributed by atoms with Crippen LogP contribution in [-0.4, -0.2) is 56.3 Å². The zero-order valence-electron chi connectivity index (χ0n) is 11.7. The van der Waals surface area contributed by atoms with E-state index < -0.39 is 5.95 Å². The number of nitrogens with zero attached hydrogens (tertiary/aromatic N) is 2. The zero-order chi connectivity index (χ0) is 14.5. The van der Waals surface area contributed by atoms with Crippen LogP contribution in [0.1, 0.15) is 11.5 Å². The van der Waals surface area contributed by atoms with Crippen molar-refractivity contribution < 1.29 is 18.7 Å². The summed E-state index contributed by atoms with van der Waals surface area (Å²) in [5.41, 5.74) is 0.785. The Kier molecular flexibility index (Phi) is 5.03. The molecule has 20 heavy (non-hydrogen) atoms. The van der Waals surface area contributed by atoms with Crippen LogP contribution in [0.4, 0.5) is 4.39 Å². The largest absolute Gasteiger partial charge is 0.469 e. The van der Waals surface area contributed by atoms with Crippen molar-refractivity contribution >= 4 is 5.97 Å². The number of likely N-dealkylation sites (tertiary alicyclic amines) is 1. The molecule has 0 bridgehead atoms. The minimum Gasteiger partial charge on any atom is -0.469 e. The SMILES string of the molecule is COCCN1CC(C(=O)OC)[C@H](c2ccnc(F)c2)C1. The van der Waals surface area contributed by atoms with Crippen molar-refractivity contribution in [2.24, 2.45) is 5.92 Å². The number of aromatic nitrogens is 1. The number of hydrogen-bond donors (Lipinski definition) is 0. The molecule has 2 heterocycles. The number of carbonyl (C=O) groups excluding carboxylic acids is 1. The Morgan fingerprint density at radius 3 is 2.95 bits per heavy atom. The number of hydrogen-bond acceptors (Lipinski definition) is 5. The van der Waals surface area contributed by atoms with E-state index in [2.05, 4.69) is 9.88 Å². The van der Waals surface area contributed by atoms with Gasteiger partial charge in [-0.2, -0.15) is 4.39 Å². The molecule has 1 aromatic rings. The average molecular weight is 282 g/mol. The monoisotopic (exact) mass is 282 g/mol. The van der Waals surface area contributed by atoms with Gasteiger partial charge in [-0.1, -0.05) is 0 Å². The molecule has 0 aromatic carbocycles. The first-order chi connectivity index (χ1) is 9.65. The second-order valence-corrected chi connectivity index (χ2v) is 4.90. The molecule has 1 aliphatic heterocycles. The maximum Gasteiger partial charge on any atom is 0.310 e. The van der Waals surface area contributed by atoms with Crippen molar-refractivity contribution in [1.29, 1.82) is 0 Å². The first-order valence-electron chi connectivity index (χ1n) is 6.56. The summed E-state index contributed by atoms with van der Waals surface area (Å²) in [6, 6.07) is 3.14. The van der Waals surface area contributed by atoms with Gasteiger partial charge in [-0.3, -0.25) is 9.69 Å². The molecule has 0 N–H and O–H groups in total. The molecule has 0 aliphatic carbocycles. The first-order valence-corrected chi connectivity index (χ1v) is 6.56. The van der Waals surface area contributed by atoms with Gasteiger partial charge in [-0.05, 0) is 17.7 Å². The standard InChI is InChI=1S/C14H19FN2O3/c1-19-6-5-17-8-11(12(9-17)14(18)20-2)10-3-4-16-13(15)7-10/h3-4,7,11-12H,5-6,8-9H2,1-2H3/t11-,12?/m0/s1. The highest BCUT2D eigenvalue weighted by Gasteiger charge is 2.39. The van der Waals surface area contributed by atoms with Crippen molar-refractivity contribution in [2.75, 3.05) is 40.5 Å². The number of rotatable bonds is 5. The third kappa shape index (κ3) is 3.32. The molecule has 0 amide bonds. The molecule has 0 spiro atoms. The Hall–Kier alpha value is -1.53. The van der Waals surface area contributed by atoms with Crippen LogP contribution in [0, 0.1) is 11.9 Å². The molecule has 2 atom stereocenters. The van der Waals surface area contributed by atoms with E-state index in [0.717, 1.165) is 12.1 Å². The van der Waals surface area contributed by atoms with Crippen molar-refractivity contribution in [3.63, 3.8) is 0 Å². The predicted octanol–water partition coefficient (Wildman–Crippen LogP) is 1.06. The molecule has 110 valence electrons. The minimum absolute atomic E-state index is 0.0724. The van der Waals surface area contributed by atoms with E-state index in [1.54, 1.807) is 13.2 Å². The summed E-state index contributed by atoms with van der Waals surface area (Å²) < 4.78 is 23.2. The van der Waals surface area contributed by atoms with Gasteiger partial charge in [0.15, 0.2) is 0 Å². The summed E-state index contributed by atoms with van der Waals surface area (Å²) in [6.45, 7) is 2.64. The maximum absolute atomic E-state index is 13.3. The number of esters is 1. The lowest BCUT2D eigenvalue weighted by Crippen LogP contribution is -2.27. The molecule has 1 unspecified atom stereocenters. The molecule has 0 radical (unpaired) electrons. The van der Waals surface area contributed by atoms with Crippen LogP contribution < -0.4 is 0 Å². The lowest BCUT2D eigenvalue weighted by molar-refractivity contribution is -0.145. The molecule has 0 saturated carbocycles. The second kappa shape index (κ2) is 6.76. The summed E-state index contributed by atoms with van der Waals surface area (Å²) in [5, 5.41) is 0. The van der Waals surface area contributed by atoms with Crippen LogP contribution >= 0.6 is 0 Å². The average Bonchev–Trinajstić information content (AvgIpc) is 2.88. The fraction of sp³-hybridized carbons (Fsp3) is 0.571. The van der Waals surface area contributed by atoms with E-state index in [-0.39, 0.29) is 17.8 Å². The van der Waals surface area contributed by atoms with Gasteiger partial charge < -0.3 is 9.47 Å². The maximum atomic E-state index is 13.3. The number of ether oxygens (including phenoxy) is 2. The number of halogens is 1. The molecule has 1 fully saturated rings. The second-order valence-electron chi connectivity index (χ2n) is 4.90. The van der Waals surface area contributed by atoms with Crippen molar-refractivity contribution in [2.45, 2.75) is 5.92 Å². The van der Waals surface area contributed by atoms with Crippen LogP contribution in [0.5, 0.6) is 0 Å². The first kappa shape index (κ1) is 14.9. The third-order valence-electron chi connectivity index (χ3n) is 3.69. The van der Waals surface area contributed by atoms with Crippen LogP contribution in [0.3, 0.4) is 0 Å². The van der Waals surface area contributed by atoms with E-state index in [0.29, 0.717) is 19.7 Å². The van der Waals surface area contributed by atoms with Gasteiger partial charge in [0, 0.05) is 38.9 Å². The molecule has 1 aromatic heterocycles. The normalized spacial score (nSPS) is 22.9. The summed E-state index contributed by atoms with van der Waals surface area (Å²) in [7, 11) is 3.02. The Morgan fingerprint density at radius 1 is 1.50 bits per heavy atom. The van der Waals surface area contributed by atoms with Gasteiger partial charge in [0.1, 0.15) is 0 Å². The van der Waals surface area contributed by atoms with Crippen molar-refractivity contribution in [1.82, 2.24) is 9.88 Å². The fourth-order valence-corrected chi connectivity index (χ4v) is 2.66. The highest BCUT2D eigenvalue weighted by atomic mass is 19.1. The molecule has 5 nitrogen and oxygen atoms in total. The van der Waals surface area contributed by atoms with E-state index in [4.69, 9.17) is 9.47 Å². The van der Waals surface area contributed by atoms with Crippen molar-refractivity contribution in [3.8, 4) is 0 Å². The Balaban J connectivity index is 2.17. The van der Waals surface area contributed by atoms with Crippen LogP contribution in [0.2, 0.25) is 0 Å². The molecule has 1 aliphatic rings. The Morgan fingerprint density at radius 2 is 2.30 bits per heavy atom. The minimum atomic E-state index is -0.526. The summed E-state index contributed by atoms with van der Waals surface area (Å²) in [4.78, 5) is 17.6. The summed E-state index contributed by atoms with van der Waals surface area (Å²) >= 11 is 0. The predicted molar refractivity (Wildman–Crippen MR) is 70.8 cm³/mol. The van der Waals surface area contributed by atoms with Gasteiger partial charge in [0.2, 0.25) is 5.95 Å². The highest BCUT2D eigenvalue weighted by Crippen LogP contribution is 2.33. The lowest BCUT2D eigenvalue weighted by Gasteiger charge is -2.16. The number of carbonyl (C=O) groups is 1. The molecule has 2 rings (SSSR count). The fourth-order valence-electron chi connectivity index (χ4n) is 2.66. The number of pyridine rings is 1. The molecule has 6 heteroatoms. The topological polar surface area (TPSA) is 51.7 Å². The highest BCUT2D eigenvalue weighted by molar-refractivity contribution is 5.74. The van der Waals surface area contributed by atoms with Gasteiger partial charge in [-0.15, -0.1) is 0 Å². The quantitative estimate of drug-likeness (QED) is 0.597. The van der Waals surface area contributed by atoms with Gasteiger partial charge in [0.25, 0.3) is 0 Å². The van der Waals surface area contributed by atoms with Gasteiger partial charge in [0.05, 0.1) is 19.6 Å². The Bertz CT molecular complexity index is 469. The summed E-state index contributed by atoms with van der Waals surface area (Å²) in [5.74, 6) is -1.14. The van der Waals surface area contributed by atoms with Crippen LogP contribution in [0.25, 0.3) is 0 Å². The van der Waals surface area contributed by atoms with E-state index >= 15 is 0 Å². The lowest BCUT2D eigenvalue weighted by atomic mass is 9.89. The molecular weight excluding hydrogens is 263 g/mol. The molecule has 1 saturated heterocycles. The van der Waals surface area contributed by atoms with Gasteiger partial charge in [-0.25, -0.2) is 4.98 Å². The van der Waals surface area contributed by atoms with Crippen molar-refractivity contribution in [3.05, 3.63) is 29.8 Å². The third-order valence-corrected chi connectivity index (χ3v) is 3.69. The summed E-state index contributed by atoms with van der Waals surface area (Å²) in [6.07, 6.45) is 1.43. The molecular formula is C14H19FN2O3. The zero-order valence-corrected chi connectivity index (χ0v) is 11.7. The Labute approximate surface area is 117 Å². The van der Waals surface area contributed by atoms with E-state index in [1.165, 1.54) is 19.4 Å². The van der Waals surface area contributed by atoms with E-state index in [1.807, 2.05) is 0 Å². The van der Waals surface area contributed by atoms with E-state index in [9.17, 15) is 9.18 Å². The van der Waals surface area contributed by atoms with Crippen LogP contribution in [0.15, 0.2) is 18.3 Å².